The third-order valence-corrected chi connectivity index (χ3v) is 4.52. The number of aromatic amines is 1. The van der Waals surface area contributed by atoms with Crippen LogP contribution in [0.4, 0.5) is 8.78 Å². The molecule has 0 bridgehead atoms. The molecule has 7 heteroatoms. The lowest BCUT2D eigenvalue weighted by atomic mass is 9.84. The molecule has 24 heavy (non-hydrogen) atoms. The van der Waals surface area contributed by atoms with E-state index in [0.717, 1.165) is 18.4 Å². The van der Waals surface area contributed by atoms with Gasteiger partial charge in [0.25, 0.3) is 5.92 Å². The molecule has 3 rings (SSSR count). The van der Waals surface area contributed by atoms with E-state index >= 15 is 0 Å². The van der Waals surface area contributed by atoms with Crippen molar-refractivity contribution in [1.82, 2.24) is 15.4 Å². The maximum absolute atomic E-state index is 14.9. The summed E-state index contributed by atoms with van der Waals surface area (Å²) >= 11 is 0. The zero-order valence-corrected chi connectivity index (χ0v) is 13.4. The highest BCUT2D eigenvalue weighted by molar-refractivity contribution is 5.89. The second kappa shape index (κ2) is 6.67. The van der Waals surface area contributed by atoms with E-state index in [2.05, 4.69) is 20.1 Å². The Morgan fingerprint density at radius 1 is 1.29 bits per heavy atom. The third-order valence-electron chi connectivity index (χ3n) is 4.52. The first-order chi connectivity index (χ1) is 11.5. The van der Waals surface area contributed by atoms with Crippen LogP contribution in [-0.2, 0) is 23.5 Å². The van der Waals surface area contributed by atoms with Crippen LogP contribution in [0, 0.1) is 5.92 Å². The van der Waals surface area contributed by atoms with E-state index in [9.17, 15) is 13.6 Å². The number of halogens is 2. The van der Waals surface area contributed by atoms with Gasteiger partial charge in [-0.1, -0.05) is 18.6 Å². The summed E-state index contributed by atoms with van der Waals surface area (Å²) in [6, 6.07) is 6.60. The monoisotopic (exact) mass is 335 g/mol. The molecule has 0 saturated carbocycles. The first-order valence-electron chi connectivity index (χ1n) is 7.97. The van der Waals surface area contributed by atoms with Crippen LogP contribution in [0.3, 0.4) is 0 Å². The molecule has 1 N–H and O–H groups in total. The van der Waals surface area contributed by atoms with Crippen molar-refractivity contribution in [3.8, 4) is 0 Å². The van der Waals surface area contributed by atoms with E-state index in [4.69, 9.17) is 0 Å². The van der Waals surface area contributed by atoms with E-state index in [1.165, 1.54) is 7.11 Å². The van der Waals surface area contributed by atoms with Crippen molar-refractivity contribution in [1.29, 1.82) is 0 Å². The second-order valence-electron chi connectivity index (χ2n) is 6.08. The van der Waals surface area contributed by atoms with Gasteiger partial charge in [0, 0.05) is 5.92 Å². The van der Waals surface area contributed by atoms with Gasteiger partial charge in [-0.25, -0.2) is 4.79 Å². The maximum atomic E-state index is 14.9. The maximum Gasteiger partial charge on any atom is 0.337 e. The molecule has 0 amide bonds. The molecule has 0 aliphatic heterocycles. The highest BCUT2D eigenvalue weighted by atomic mass is 19.3. The number of H-pyrrole nitrogens is 1. The van der Waals surface area contributed by atoms with Crippen LogP contribution in [0.25, 0.3) is 0 Å². The van der Waals surface area contributed by atoms with E-state index < -0.39 is 17.8 Å². The van der Waals surface area contributed by atoms with Gasteiger partial charge in [0.05, 0.1) is 18.4 Å². The van der Waals surface area contributed by atoms with Gasteiger partial charge in [-0.05, 0) is 43.4 Å². The number of carbonyl (C=O) groups excluding carboxylic acids is 1. The molecule has 1 unspecified atom stereocenters. The van der Waals surface area contributed by atoms with Gasteiger partial charge in [0.1, 0.15) is 0 Å². The van der Waals surface area contributed by atoms with Crippen molar-refractivity contribution >= 4 is 5.97 Å². The number of benzene rings is 1. The molecule has 1 heterocycles. The fraction of sp³-hybridized carbons (Fsp3) is 0.471. The SMILES string of the molecule is COC(=O)c1ccc(CC2CCCCc3n[nH]nc3C2(F)F)cc1. The number of nitrogens with one attached hydrogen (secondary N) is 1. The molecule has 0 saturated heterocycles. The zero-order chi connectivity index (χ0) is 17.2. The second-order valence-corrected chi connectivity index (χ2v) is 6.08. The van der Waals surface area contributed by atoms with Crippen LogP contribution in [-0.4, -0.2) is 28.5 Å². The minimum absolute atomic E-state index is 0.223. The normalized spacial score (nSPS) is 19.9. The van der Waals surface area contributed by atoms with Crippen LogP contribution in [0.5, 0.6) is 0 Å². The minimum Gasteiger partial charge on any atom is -0.465 e. The molecule has 128 valence electrons. The van der Waals surface area contributed by atoms with E-state index in [1.807, 2.05) is 0 Å². The molecule has 1 aliphatic carbocycles. The van der Waals surface area contributed by atoms with Gasteiger partial charge in [-0.3, -0.25) is 0 Å². The molecule has 2 aromatic rings. The summed E-state index contributed by atoms with van der Waals surface area (Å²) in [5.41, 5.74) is 1.31. The lowest BCUT2D eigenvalue weighted by Crippen LogP contribution is -2.30. The van der Waals surface area contributed by atoms with Gasteiger partial charge in [0.2, 0.25) is 0 Å². The largest absolute Gasteiger partial charge is 0.465 e. The van der Waals surface area contributed by atoms with E-state index in [0.29, 0.717) is 24.1 Å². The Morgan fingerprint density at radius 2 is 2.04 bits per heavy atom. The summed E-state index contributed by atoms with van der Waals surface area (Å²) in [7, 11) is 1.31. The van der Waals surface area contributed by atoms with Crippen molar-refractivity contribution in [3.63, 3.8) is 0 Å². The Hall–Kier alpha value is -2.31. The summed E-state index contributed by atoms with van der Waals surface area (Å²) in [5.74, 6) is -4.31. The molecular weight excluding hydrogens is 316 g/mol. The van der Waals surface area contributed by atoms with Crippen LogP contribution < -0.4 is 0 Å². The number of aryl methyl sites for hydroxylation is 1. The molecule has 0 spiro atoms. The number of rotatable bonds is 3. The van der Waals surface area contributed by atoms with Crippen molar-refractivity contribution in [2.75, 3.05) is 7.11 Å². The number of nitrogens with zero attached hydrogens (tertiary/aromatic N) is 2. The molecule has 1 aromatic heterocycles. The number of alkyl halides is 2. The summed E-state index contributed by atoms with van der Waals surface area (Å²) in [6.07, 6.45) is 2.74. The molecule has 5 nitrogen and oxygen atoms in total. The Kier molecular flexibility index (Phi) is 4.59. The quantitative estimate of drug-likeness (QED) is 0.874. The number of methoxy groups -OCH3 is 1. The van der Waals surface area contributed by atoms with E-state index in [1.54, 1.807) is 24.3 Å². The Morgan fingerprint density at radius 3 is 2.75 bits per heavy atom. The minimum atomic E-state index is -3.02. The predicted octanol–water partition coefficient (Wildman–Crippen LogP) is 3.27. The number of ether oxygens (including phenoxy) is 1. The van der Waals surface area contributed by atoms with Gasteiger partial charge < -0.3 is 4.74 Å². The number of hydrogen-bond donors (Lipinski definition) is 1. The number of esters is 1. The average molecular weight is 335 g/mol. The highest BCUT2D eigenvalue weighted by Crippen LogP contribution is 2.42. The number of carbonyl (C=O) groups is 1. The third kappa shape index (κ3) is 3.16. The van der Waals surface area contributed by atoms with Crippen LogP contribution in [0.1, 0.15) is 46.6 Å². The molecule has 1 atom stereocenters. The first kappa shape index (κ1) is 16.5. The Bertz CT molecular complexity index is 713. The molecule has 0 radical (unpaired) electrons. The zero-order valence-electron chi connectivity index (χ0n) is 13.4. The predicted molar refractivity (Wildman–Crippen MR) is 82.8 cm³/mol. The van der Waals surface area contributed by atoms with Crippen molar-refractivity contribution in [2.45, 2.75) is 38.0 Å². The van der Waals surface area contributed by atoms with E-state index in [-0.39, 0.29) is 12.1 Å². The topological polar surface area (TPSA) is 67.9 Å². The van der Waals surface area contributed by atoms with Gasteiger partial charge >= 0.3 is 5.97 Å². The van der Waals surface area contributed by atoms with Crippen molar-refractivity contribution in [2.24, 2.45) is 5.92 Å². The molecular formula is C17H19F2N3O2. The fourth-order valence-corrected chi connectivity index (χ4v) is 3.16. The number of fused-ring (bicyclic) bond motifs is 1. The summed E-state index contributed by atoms with van der Waals surface area (Å²) in [4.78, 5) is 11.4. The molecule has 0 fully saturated rings. The highest BCUT2D eigenvalue weighted by Gasteiger charge is 2.45. The van der Waals surface area contributed by atoms with Gasteiger partial charge in [0.15, 0.2) is 5.69 Å². The lowest BCUT2D eigenvalue weighted by molar-refractivity contribution is -0.0750. The van der Waals surface area contributed by atoms with Crippen molar-refractivity contribution < 1.29 is 18.3 Å². The summed E-state index contributed by atoms with van der Waals surface area (Å²) in [5, 5.41) is 9.90. The lowest BCUT2D eigenvalue weighted by Gasteiger charge is -2.28. The smallest absolute Gasteiger partial charge is 0.337 e. The standard InChI is InChI=1S/C17H19F2N3O2/c1-24-16(23)12-8-6-11(7-9-12)10-13-4-2-3-5-14-15(17(13,18)19)21-22-20-14/h6-9,13H,2-5,10H2,1H3,(H,20,21,22). The van der Waals surface area contributed by atoms with Crippen LogP contribution >= 0.6 is 0 Å². The number of hydrogen-bond acceptors (Lipinski definition) is 4. The van der Waals surface area contributed by atoms with Gasteiger partial charge in [-0.2, -0.15) is 24.2 Å². The van der Waals surface area contributed by atoms with Crippen LogP contribution in [0.15, 0.2) is 24.3 Å². The molecule has 1 aliphatic rings. The first-order valence-corrected chi connectivity index (χ1v) is 7.97. The Balaban J connectivity index is 1.82. The van der Waals surface area contributed by atoms with Crippen LogP contribution in [0.2, 0.25) is 0 Å². The number of aromatic nitrogens is 3. The summed E-state index contributed by atoms with van der Waals surface area (Å²) in [6.45, 7) is 0. The molecule has 1 aromatic carbocycles. The fourth-order valence-electron chi connectivity index (χ4n) is 3.16. The van der Waals surface area contributed by atoms with Gasteiger partial charge in [-0.15, -0.1) is 0 Å². The van der Waals surface area contributed by atoms with Crippen molar-refractivity contribution in [3.05, 3.63) is 46.8 Å². The average Bonchev–Trinajstić information content (AvgIpc) is 3.05. The summed E-state index contributed by atoms with van der Waals surface area (Å²) < 4.78 is 34.4. The Labute approximate surface area is 138 Å².